The van der Waals surface area contributed by atoms with Gasteiger partial charge in [-0.3, -0.25) is 14.4 Å². The Kier molecular flexibility index (Phi) is 14.6. The highest BCUT2D eigenvalue weighted by Crippen LogP contribution is 2.35. The van der Waals surface area contributed by atoms with Crippen molar-refractivity contribution in [2.75, 3.05) is 33.2 Å². The van der Waals surface area contributed by atoms with E-state index in [4.69, 9.17) is 15.0 Å². The monoisotopic (exact) mass is 606 g/mol. The van der Waals surface area contributed by atoms with Crippen molar-refractivity contribution >= 4 is 6.47 Å². The van der Waals surface area contributed by atoms with Gasteiger partial charge in [0, 0.05) is 43.2 Å². The maximum absolute atomic E-state index is 13.3. The third-order valence-electron chi connectivity index (χ3n) is 9.48. The summed E-state index contributed by atoms with van der Waals surface area (Å²) < 4.78 is 15.6. The Morgan fingerprint density at radius 3 is 2.32 bits per heavy atom. The third kappa shape index (κ3) is 10.3. The Hall–Kier alpha value is -3.03. The molecule has 242 valence electrons. The predicted molar refractivity (Wildman–Crippen MR) is 179 cm³/mol. The second kappa shape index (κ2) is 18.1. The summed E-state index contributed by atoms with van der Waals surface area (Å²) in [5.41, 5.74) is 5.57. The van der Waals surface area contributed by atoms with Gasteiger partial charge in [0.05, 0.1) is 6.20 Å². The van der Waals surface area contributed by atoms with E-state index in [0.29, 0.717) is 29.7 Å². The summed E-state index contributed by atoms with van der Waals surface area (Å²) in [6.07, 6.45) is 8.04. The Morgan fingerprint density at radius 2 is 1.70 bits per heavy atom. The number of halogens is 1. The van der Waals surface area contributed by atoms with Crippen molar-refractivity contribution in [1.29, 1.82) is 0 Å². The van der Waals surface area contributed by atoms with Crippen LogP contribution in [0.2, 0.25) is 0 Å². The van der Waals surface area contributed by atoms with E-state index in [1.165, 1.54) is 48.8 Å². The molecule has 2 aromatic carbocycles. The molecule has 5 rings (SSSR count). The molecule has 0 aliphatic carbocycles. The number of hydrogen-bond donors (Lipinski definition) is 1. The topological polar surface area (TPSA) is 61.6 Å². The maximum Gasteiger partial charge on any atom is 0.290 e. The van der Waals surface area contributed by atoms with Gasteiger partial charge in [-0.25, -0.2) is 4.39 Å². The summed E-state index contributed by atoms with van der Waals surface area (Å²) in [5, 5.41) is 11.6. The number of piperidine rings is 1. The van der Waals surface area contributed by atoms with E-state index in [1.54, 1.807) is 6.07 Å². The van der Waals surface area contributed by atoms with Crippen LogP contribution in [0.3, 0.4) is 0 Å². The molecule has 0 radical (unpaired) electrons. The minimum Gasteiger partial charge on any atom is -0.483 e. The average molecular weight is 607 g/mol. The number of aromatic nitrogens is 2. The molecule has 3 heterocycles. The standard InChI is InChI=1S/C20H29N3.C16H24FN.CH2O2/c1-3-13-23-20(18-11-14-22(2)15-12-18)19(16-21-23)10-9-17-7-5-4-6-8-17;1-11(2)13(4)18-9-12(3)16(10-18)14-6-5-7-15(17)8-14;2-1-3/h4-8,16,18H,3,9-15H2,1-2H3;5-8,11-13,16H,9-10H2,1-4H3;1H,(H,2,3). The first-order valence-electron chi connectivity index (χ1n) is 16.5. The van der Waals surface area contributed by atoms with E-state index in [2.05, 4.69) is 98.7 Å². The van der Waals surface area contributed by atoms with Gasteiger partial charge < -0.3 is 10.0 Å². The molecule has 6 nitrogen and oxygen atoms in total. The molecule has 1 N–H and O–H groups in total. The fourth-order valence-electron chi connectivity index (χ4n) is 6.62. The van der Waals surface area contributed by atoms with Crippen LogP contribution in [0.15, 0.2) is 60.8 Å². The molecular weight excluding hydrogens is 551 g/mol. The lowest BCUT2D eigenvalue weighted by Crippen LogP contribution is -2.34. The molecule has 3 unspecified atom stereocenters. The van der Waals surface area contributed by atoms with Gasteiger partial charge in [0.2, 0.25) is 0 Å². The third-order valence-corrected chi connectivity index (χ3v) is 9.48. The Labute approximate surface area is 265 Å². The normalized spacial score (nSPS) is 20.0. The van der Waals surface area contributed by atoms with E-state index in [-0.39, 0.29) is 12.3 Å². The molecule has 2 fully saturated rings. The van der Waals surface area contributed by atoms with Crippen molar-refractivity contribution in [3.63, 3.8) is 0 Å². The average Bonchev–Trinajstić information content (AvgIpc) is 3.60. The Morgan fingerprint density at radius 1 is 1.02 bits per heavy atom. The molecule has 2 aliphatic rings. The maximum atomic E-state index is 13.3. The Balaban J connectivity index is 0.000000227. The van der Waals surface area contributed by atoms with Crippen molar-refractivity contribution in [3.8, 4) is 0 Å². The molecule has 2 aliphatic heterocycles. The number of rotatable bonds is 9. The number of aryl methyl sites for hydroxylation is 3. The van der Waals surface area contributed by atoms with Crippen molar-refractivity contribution in [2.24, 2.45) is 11.8 Å². The second-order valence-electron chi connectivity index (χ2n) is 13.0. The largest absolute Gasteiger partial charge is 0.483 e. The van der Waals surface area contributed by atoms with E-state index in [0.717, 1.165) is 44.5 Å². The first-order valence-corrected chi connectivity index (χ1v) is 16.5. The van der Waals surface area contributed by atoms with Crippen LogP contribution in [0.1, 0.15) is 88.1 Å². The molecule has 2 saturated heterocycles. The molecular formula is C37H55FN4O2. The van der Waals surface area contributed by atoms with Crippen molar-refractivity contribution in [2.45, 2.75) is 91.1 Å². The van der Waals surface area contributed by atoms with Crippen LogP contribution in [0.5, 0.6) is 0 Å². The first kappa shape index (κ1) is 35.4. The van der Waals surface area contributed by atoms with Crippen LogP contribution in [0, 0.1) is 17.7 Å². The zero-order chi connectivity index (χ0) is 32.1. The molecule has 0 spiro atoms. The van der Waals surface area contributed by atoms with E-state index in [1.807, 2.05) is 6.07 Å². The van der Waals surface area contributed by atoms with Gasteiger partial charge in [0.15, 0.2) is 0 Å². The summed E-state index contributed by atoms with van der Waals surface area (Å²) >= 11 is 0. The summed E-state index contributed by atoms with van der Waals surface area (Å²) in [5.74, 6) is 2.32. The number of benzene rings is 2. The molecule has 0 amide bonds. The SMILES string of the molecule is CC(C)C(C)N1CC(C)C(c2cccc(F)c2)C1.CCCn1ncc(CCc2ccccc2)c1C1CCN(C)CC1.O=CO. The smallest absolute Gasteiger partial charge is 0.290 e. The highest BCUT2D eigenvalue weighted by atomic mass is 19.1. The lowest BCUT2D eigenvalue weighted by atomic mass is 9.89. The van der Waals surface area contributed by atoms with Crippen LogP contribution in [-0.4, -0.2) is 70.4 Å². The highest BCUT2D eigenvalue weighted by molar-refractivity contribution is 5.32. The lowest BCUT2D eigenvalue weighted by molar-refractivity contribution is -0.122. The molecule has 3 atom stereocenters. The van der Waals surface area contributed by atoms with E-state index < -0.39 is 0 Å². The summed E-state index contributed by atoms with van der Waals surface area (Å²) in [6.45, 7) is 16.8. The van der Waals surface area contributed by atoms with Crippen LogP contribution in [-0.2, 0) is 24.2 Å². The summed E-state index contributed by atoms with van der Waals surface area (Å²) in [7, 11) is 2.23. The van der Waals surface area contributed by atoms with Crippen molar-refractivity contribution in [3.05, 3.63) is 89.0 Å². The second-order valence-corrected chi connectivity index (χ2v) is 13.0. The van der Waals surface area contributed by atoms with Gasteiger partial charge in [0.25, 0.3) is 6.47 Å². The number of nitrogens with zero attached hydrogens (tertiary/aromatic N) is 4. The minimum atomic E-state index is -0.250. The molecule has 0 saturated carbocycles. The number of likely N-dealkylation sites (tertiary alicyclic amines) is 2. The highest BCUT2D eigenvalue weighted by Gasteiger charge is 2.34. The fraction of sp³-hybridized carbons (Fsp3) is 0.568. The van der Waals surface area contributed by atoms with Crippen LogP contribution >= 0.6 is 0 Å². The van der Waals surface area contributed by atoms with Crippen molar-refractivity contribution in [1.82, 2.24) is 19.6 Å². The van der Waals surface area contributed by atoms with Gasteiger partial charge in [0.1, 0.15) is 5.82 Å². The van der Waals surface area contributed by atoms with Crippen LogP contribution in [0.25, 0.3) is 0 Å². The van der Waals surface area contributed by atoms with Crippen molar-refractivity contribution < 1.29 is 14.3 Å². The van der Waals surface area contributed by atoms with Gasteiger partial charge in [-0.05, 0) is 99.8 Å². The molecule has 1 aromatic heterocycles. The zero-order valence-corrected chi connectivity index (χ0v) is 27.8. The number of hydrogen-bond acceptors (Lipinski definition) is 4. The molecule has 44 heavy (non-hydrogen) atoms. The van der Waals surface area contributed by atoms with Crippen LogP contribution in [0.4, 0.5) is 4.39 Å². The van der Waals surface area contributed by atoms with Gasteiger partial charge >= 0.3 is 0 Å². The van der Waals surface area contributed by atoms with E-state index in [9.17, 15) is 4.39 Å². The van der Waals surface area contributed by atoms with Crippen LogP contribution < -0.4 is 0 Å². The van der Waals surface area contributed by atoms with Gasteiger partial charge in [-0.2, -0.15) is 5.10 Å². The van der Waals surface area contributed by atoms with Gasteiger partial charge in [-0.15, -0.1) is 0 Å². The predicted octanol–water partition coefficient (Wildman–Crippen LogP) is 7.49. The summed E-state index contributed by atoms with van der Waals surface area (Å²) in [6, 6.07) is 18.5. The number of carboxylic acid groups (broad SMARTS) is 1. The first-order chi connectivity index (χ1) is 21.2. The number of carbonyl (C=O) groups is 1. The zero-order valence-electron chi connectivity index (χ0n) is 27.8. The summed E-state index contributed by atoms with van der Waals surface area (Å²) in [4.78, 5) is 13.4. The fourth-order valence-corrected chi connectivity index (χ4v) is 6.62. The lowest BCUT2D eigenvalue weighted by Gasteiger charge is -2.30. The van der Waals surface area contributed by atoms with E-state index >= 15 is 0 Å². The molecule has 3 aromatic rings. The molecule has 7 heteroatoms. The minimum absolute atomic E-state index is 0.116. The Bertz CT molecular complexity index is 1240. The quantitative estimate of drug-likeness (QED) is 0.256. The molecule has 0 bridgehead atoms. The van der Waals surface area contributed by atoms with Gasteiger partial charge in [-0.1, -0.05) is 70.2 Å².